The molecule has 2 aromatic rings. The number of hydrogen-bond acceptors (Lipinski definition) is 5. The molecule has 1 atom stereocenters. The van der Waals surface area contributed by atoms with Gasteiger partial charge in [-0.05, 0) is 25.0 Å². The third kappa shape index (κ3) is 3.53. The predicted molar refractivity (Wildman–Crippen MR) is 82.6 cm³/mol. The Balaban J connectivity index is 1.54. The van der Waals surface area contributed by atoms with Gasteiger partial charge in [-0.25, -0.2) is 4.39 Å². The standard InChI is InChI=1S/C16H19FN4O3/c17-12-4-1-2-5-13(12)24-9-6-15(22)21-8-3-7-16(23,11-21)14-10-18-20-19-14/h1-2,4-5,10,23H,3,6-9,11H2,(H,18,19,20)/t16-/m1/s1. The summed E-state index contributed by atoms with van der Waals surface area (Å²) in [5.74, 6) is -0.473. The molecule has 2 N–H and O–H groups in total. The largest absolute Gasteiger partial charge is 0.490 e. The van der Waals surface area contributed by atoms with E-state index in [1.165, 1.54) is 18.3 Å². The monoisotopic (exact) mass is 334 g/mol. The van der Waals surface area contributed by atoms with Crippen molar-refractivity contribution in [1.29, 1.82) is 0 Å². The molecule has 128 valence electrons. The van der Waals surface area contributed by atoms with Crippen molar-refractivity contribution in [2.75, 3.05) is 19.7 Å². The SMILES string of the molecule is O=C(CCOc1ccccc1F)N1CCC[C@](O)(c2cn[nH]n2)C1. The van der Waals surface area contributed by atoms with Gasteiger partial charge in [0.2, 0.25) is 5.91 Å². The number of H-pyrrole nitrogens is 1. The molecule has 1 saturated heterocycles. The first-order chi connectivity index (χ1) is 11.6. The van der Waals surface area contributed by atoms with Crippen LogP contribution in [0.3, 0.4) is 0 Å². The van der Waals surface area contributed by atoms with Crippen LogP contribution in [0.25, 0.3) is 0 Å². The smallest absolute Gasteiger partial charge is 0.226 e. The van der Waals surface area contributed by atoms with Gasteiger partial charge < -0.3 is 14.7 Å². The number of piperidine rings is 1. The fourth-order valence-corrected chi connectivity index (χ4v) is 2.85. The Hall–Kier alpha value is -2.48. The number of hydrogen-bond donors (Lipinski definition) is 2. The van der Waals surface area contributed by atoms with Gasteiger partial charge in [0.05, 0.1) is 25.8 Å². The number of rotatable bonds is 5. The van der Waals surface area contributed by atoms with Gasteiger partial charge >= 0.3 is 0 Å². The number of aromatic nitrogens is 3. The Morgan fingerprint density at radius 3 is 3.04 bits per heavy atom. The molecule has 1 aliphatic rings. The summed E-state index contributed by atoms with van der Waals surface area (Å²) >= 11 is 0. The molecule has 0 radical (unpaired) electrons. The van der Waals surface area contributed by atoms with Gasteiger partial charge in [0.15, 0.2) is 11.6 Å². The van der Waals surface area contributed by atoms with Crippen LogP contribution in [-0.4, -0.2) is 51.0 Å². The van der Waals surface area contributed by atoms with Crippen molar-refractivity contribution >= 4 is 5.91 Å². The molecule has 0 saturated carbocycles. The molecule has 8 heteroatoms. The molecular weight excluding hydrogens is 315 g/mol. The Labute approximate surface area is 138 Å². The fraction of sp³-hybridized carbons (Fsp3) is 0.438. The normalized spacial score (nSPS) is 20.8. The van der Waals surface area contributed by atoms with Gasteiger partial charge in [-0.2, -0.15) is 15.4 Å². The molecule has 24 heavy (non-hydrogen) atoms. The highest BCUT2D eigenvalue weighted by atomic mass is 19.1. The van der Waals surface area contributed by atoms with Crippen LogP contribution in [0.1, 0.15) is 25.0 Å². The number of amides is 1. The highest BCUT2D eigenvalue weighted by molar-refractivity contribution is 5.76. The van der Waals surface area contributed by atoms with Crippen molar-refractivity contribution in [1.82, 2.24) is 20.3 Å². The molecule has 1 amide bonds. The molecule has 1 aliphatic heterocycles. The summed E-state index contributed by atoms with van der Waals surface area (Å²) in [4.78, 5) is 13.9. The Morgan fingerprint density at radius 2 is 2.29 bits per heavy atom. The average molecular weight is 334 g/mol. The molecule has 1 aromatic heterocycles. The summed E-state index contributed by atoms with van der Waals surface area (Å²) in [5.41, 5.74) is -0.754. The first kappa shape index (κ1) is 16.4. The number of aromatic amines is 1. The molecule has 0 aliphatic carbocycles. The zero-order chi connectivity index (χ0) is 17.0. The lowest BCUT2D eigenvalue weighted by atomic mass is 9.90. The number of benzene rings is 1. The van der Waals surface area contributed by atoms with Crippen LogP contribution >= 0.6 is 0 Å². The minimum Gasteiger partial charge on any atom is -0.490 e. The first-order valence-corrected chi connectivity index (χ1v) is 7.82. The Morgan fingerprint density at radius 1 is 1.46 bits per heavy atom. The summed E-state index contributed by atoms with van der Waals surface area (Å²) < 4.78 is 18.8. The fourth-order valence-electron chi connectivity index (χ4n) is 2.85. The third-order valence-corrected chi connectivity index (χ3v) is 4.13. The minimum atomic E-state index is -1.19. The second-order valence-corrected chi connectivity index (χ2v) is 5.83. The van der Waals surface area contributed by atoms with Crippen molar-refractivity contribution in [2.45, 2.75) is 24.9 Å². The molecule has 0 unspecified atom stereocenters. The van der Waals surface area contributed by atoms with Crippen molar-refractivity contribution in [3.63, 3.8) is 0 Å². The number of likely N-dealkylation sites (tertiary alicyclic amines) is 1. The number of para-hydroxylation sites is 1. The number of carbonyl (C=O) groups is 1. The zero-order valence-electron chi connectivity index (χ0n) is 13.1. The quantitative estimate of drug-likeness (QED) is 0.858. The summed E-state index contributed by atoms with van der Waals surface area (Å²) in [6, 6.07) is 6.07. The number of β-amino-alcohol motifs (C(OH)–C–C–N with tert-alkyl or cyclic N) is 1. The number of aliphatic hydroxyl groups is 1. The third-order valence-electron chi connectivity index (χ3n) is 4.13. The molecule has 3 rings (SSSR count). The molecule has 0 spiro atoms. The second-order valence-electron chi connectivity index (χ2n) is 5.83. The molecule has 2 heterocycles. The summed E-state index contributed by atoms with van der Waals surface area (Å²) in [6.07, 6.45) is 2.77. The number of halogens is 1. The lowest BCUT2D eigenvalue weighted by molar-refractivity contribution is -0.139. The lowest BCUT2D eigenvalue weighted by Crippen LogP contribution is -2.49. The molecular formula is C16H19FN4O3. The van der Waals surface area contributed by atoms with Crippen molar-refractivity contribution in [2.24, 2.45) is 0 Å². The van der Waals surface area contributed by atoms with Crippen LogP contribution in [0.5, 0.6) is 5.75 Å². The molecule has 1 aromatic carbocycles. The predicted octanol–water partition coefficient (Wildman–Crippen LogP) is 1.22. The molecule has 7 nitrogen and oxygen atoms in total. The van der Waals surface area contributed by atoms with Gasteiger partial charge in [0.1, 0.15) is 11.3 Å². The van der Waals surface area contributed by atoms with Gasteiger partial charge in [-0.1, -0.05) is 12.1 Å². The van der Waals surface area contributed by atoms with Gasteiger partial charge in [0.25, 0.3) is 0 Å². The van der Waals surface area contributed by atoms with E-state index in [0.29, 0.717) is 25.1 Å². The Bertz CT molecular complexity index is 694. The maximum atomic E-state index is 13.5. The van der Waals surface area contributed by atoms with E-state index in [-0.39, 0.29) is 31.2 Å². The topological polar surface area (TPSA) is 91.3 Å². The first-order valence-electron chi connectivity index (χ1n) is 7.82. The van der Waals surface area contributed by atoms with Gasteiger partial charge in [-0.3, -0.25) is 4.79 Å². The van der Waals surface area contributed by atoms with E-state index in [4.69, 9.17) is 4.74 Å². The highest BCUT2D eigenvalue weighted by Crippen LogP contribution is 2.30. The maximum Gasteiger partial charge on any atom is 0.226 e. The van der Waals surface area contributed by atoms with E-state index < -0.39 is 11.4 Å². The van der Waals surface area contributed by atoms with E-state index in [9.17, 15) is 14.3 Å². The van der Waals surface area contributed by atoms with Crippen molar-refractivity contribution < 1.29 is 19.0 Å². The average Bonchev–Trinajstić information content (AvgIpc) is 3.12. The maximum absolute atomic E-state index is 13.5. The number of ether oxygens (including phenoxy) is 1. The van der Waals surface area contributed by atoms with Crippen molar-refractivity contribution in [3.8, 4) is 5.75 Å². The number of nitrogens with zero attached hydrogens (tertiary/aromatic N) is 3. The zero-order valence-corrected chi connectivity index (χ0v) is 13.1. The minimum absolute atomic E-state index is 0.0820. The second kappa shape index (κ2) is 6.96. The van der Waals surface area contributed by atoms with Gasteiger partial charge in [0, 0.05) is 6.54 Å². The van der Waals surface area contributed by atoms with Crippen LogP contribution in [0.15, 0.2) is 30.5 Å². The van der Waals surface area contributed by atoms with E-state index in [0.717, 1.165) is 0 Å². The number of carbonyl (C=O) groups excluding carboxylic acids is 1. The van der Waals surface area contributed by atoms with E-state index in [1.54, 1.807) is 17.0 Å². The van der Waals surface area contributed by atoms with Crippen LogP contribution in [0.2, 0.25) is 0 Å². The Kier molecular flexibility index (Phi) is 4.75. The molecule has 0 bridgehead atoms. The summed E-state index contributed by atoms with van der Waals surface area (Å²) in [7, 11) is 0. The van der Waals surface area contributed by atoms with E-state index in [2.05, 4.69) is 15.4 Å². The summed E-state index contributed by atoms with van der Waals surface area (Å²) in [6.45, 7) is 0.815. The lowest BCUT2D eigenvalue weighted by Gasteiger charge is -2.38. The van der Waals surface area contributed by atoms with Crippen LogP contribution in [0.4, 0.5) is 4.39 Å². The molecule has 1 fully saturated rings. The summed E-state index contributed by atoms with van der Waals surface area (Å²) in [5, 5.41) is 20.8. The highest BCUT2D eigenvalue weighted by Gasteiger charge is 2.38. The van der Waals surface area contributed by atoms with Crippen molar-refractivity contribution in [3.05, 3.63) is 42.0 Å². The van der Waals surface area contributed by atoms with E-state index in [1.807, 2.05) is 0 Å². The van der Waals surface area contributed by atoms with Crippen LogP contribution in [0, 0.1) is 5.82 Å². The van der Waals surface area contributed by atoms with E-state index >= 15 is 0 Å². The number of nitrogens with one attached hydrogen (secondary N) is 1. The van der Waals surface area contributed by atoms with Crippen LogP contribution < -0.4 is 4.74 Å². The van der Waals surface area contributed by atoms with Gasteiger partial charge in [-0.15, -0.1) is 0 Å². The van der Waals surface area contributed by atoms with Crippen LogP contribution in [-0.2, 0) is 10.4 Å².